The molecule has 0 aliphatic carbocycles. The minimum absolute atomic E-state index is 0.0331. The van der Waals surface area contributed by atoms with Crippen molar-refractivity contribution in [1.29, 1.82) is 0 Å². The van der Waals surface area contributed by atoms with Crippen LogP contribution in [0.5, 0.6) is 5.88 Å². The Bertz CT molecular complexity index is 1260. The number of ether oxygens (including phenoxy) is 1. The van der Waals surface area contributed by atoms with Gasteiger partial charge in [0.05, 0.1) is 29.9 Å². The van der Waals surface area contributed by atoms with Gasteiger partial charge in [-0.2, -0.15) is 0 Å². The highest BCUT2D eigenvalue weighted by molar-refractivity contribution is 6.03. The number of hydrogen-bond donors (Lipinski definition) is 3. The van der Waals surface area contributed by atoms with Crippen LogP contribution in [0.15, 0.2) is 48.9 Å². The van der Waals surface area contributed by atoms with Gasteiger partial charge in [-0.15, -0.1) is 0 Å². The van der Waals surface area contributed by atoms with Crippen molar-refractivity contribution in [3.8, 4) is 28.3 Å². The second-order valence-electron chi connectivity index (χ2n) is 7.89. The third-order valence-corrected chi connectivity index (χ3v) is 5.26. The van der Waals surface area contributed by atoms with Crippen LogP contribution in [0.3, 0.4) is 0 Å². The van der Waals surface area contributed by atoms with Gasteiger partial charge in [-0.05, 0) is 30.2 Å². The average Bonchev–Trinajstić information content (AvgIpc) is 3.18. The number of aliphatic hydroxyl groups excluding tert-OH is 1. The minimum Gasteiger partial charge on any atom is -0.481 e. The summed E-state index contributed by atoms with van der Waals surface area (Å²) in [5.41, 5.74) is 5.54. The summed E-state index contributed by atoms with van der Waals surface area (Å²) in [6.45, 7) is 5.38. The fraction of sp³-hybridized carbons (Fsp3) is 0.250. The monoisotopic (exact) mass is 431 g/mol. The van der Waals surface area contributed by atoms with Crippen molar-refractivity contribution in [2.24, 2.45) is 5.92 Å². The maximum absolute atomic E-state index is 11.5. The van der Waals surface area contributed by atoms with Gasteiger partial charge < -0.3 is 20.1 Å². The molecule has 8 nitrogen and oxygen atoms in total. The third-order valence-electron chi connectivity index (χ3n) is 5.26. The molecule has 4 aromatic rings. The number of hydrogen-bond acceptors (Lipinski definition) is 6. The number of amides is 1. The van der Waals surface area contributed by atoms with Gasteiger partial charge in [0.2, 0.25) is 11.8 Å². The summed E-state index contributed by atoms with van der Waals surface area (Å²) in [4.78, 5) is 28.2. The lowest BCUT2D eigenvalue weighted by molar-refractivity contribution is -0.114. The number of nitrogens with zero attached hydrogens (tertiary/aromatic N) is 3. The number of methoxy groups -OCH3 is 1. The van der Waals surface area contributed by atoms with Crippen LogP contribution < -0.4 is 10.1 Å². The molecule has 1 atom stereocenters. The molecule has 4 rings (SSSR count). The Morgan fingerprint density at radius 2 is 1.88 bits per heavy atom. The Balaban J connectivity index is 1.98. The standard InChI is InChI=1S/C24H25N5O3/c1-13(2)24(31)17-8-10-26-23-20(16-5-6-19(32-4)27-12-16)21(29-22(17)23)15-7-9-25-18(11-15)28-14(3)30/h5-13,24,29,31H,1-4H3,(H,25,28,30). The molecule has 0 fully saturated rings. The van der Waals surface area contributed by atoms with Gasteiger partial charge in [-0.1, -0.05) is 13.8 Å². The van der Waals surface area contributed by atoms with Gasteiger partial charge >= 0.3 is 0 Å². The second-order valence-corrected chi connectivity index (χ2v) is 7.89. The van der Waals surface area contributed by atoms with Crippen LogP contribution in [0.25, 0.3) is 33.4 Å². The van der Waals surface area contributed by atoms with Crippen molar-refractivity contribution in [1.82, 2.24) is 19.9 Å². The molecule has 4 heterocycles. The summed E-state index contributed by atoms with van der Waals surface area (Å²) < 4.78 is 5.20. The first-order valence-corrected chi connectivity index (χ1v) is 10.3. The van der Waals surface area contributed by atoms with E-state index in [4.69, 9.17) is 4.74 Å². The summed E-state index contributed by atoms with van der Waals surface area (Å²) in [7, 11) is 1.57. The number of nitrogens with one attached hydrogen (secondary N) is 2. The molecule has 3 N–H and O–H groups in total. The van der Waals surface area contributed by atoms with Gasteiger partial charge in [0.1, 0.15) is 5.82 Å². The second kappa shape index (κ2) is 8.76. The molecule has 0 radical (unpaired) electrons. The van der Waals surface area contributed by atoms with Gasteiger partial charge in [0.25, 0.3) is 0 Å². The number of fused-ring (bicyclic) bond motifs is 1. The normalized spacial score (nSPS) is 12.2. The van der Waals surface area contributed by atoms with E-state index in [0.29, 0.717) is 11.7 Å². The largest absolute Gasteiger partial charge is 0.481 e. The first-order chi connectivity index (χ1) is 15.4. The van der Waals surface area contributed by atoms with Crippen molar-refractivity contribution in [3.63, 3.8) is 0 Å². The fourth-order valence-electron chi connectivity index (χ4n) is 3.69. The van der Waals surface area contributed by atoms with E-state index in [1.54, 1.807) is 37.8 Å². The van der Waals surface area contributed by atoms with Crippen LogP contribution >= 0.6 is 0 Å². The molecule has 1 unspecified atom stereocenters. The molecule has 0 saturated heterocycles. The Labute approximate surface area is 185 Å². The van der Waals surface area contributed by atoms with Crippen molar-refractivity contribution in [2.75, 3.05) is 12.4 Å². The molecular formula is C24H25N5O3. The molecule has 0 bridgehead atoms. The van der Waals surface area contributed by atoms with E-state index in [1.165, 1.54) is 6.92 Å². The molecular weight excluding hydrogens is 406 g/mol. The number of aromatic nitrogens is 4. The van der Waals surface area contributed by atoms with Crippen LogP contribution in [0.4, 0.5) is 5.82 Å². The molecule has 0 aliphatic rings. The SMILES string of the molecule is COc1ccc(-c2c(-c3ccnc(NC(C)=O)c3)[nH]c3c(C(O)C(C)C)ccnc23)cn1. The average molecular weight is 431 g/mol. The number of carbonyl (C=O) groups is 1. The van der Waals surface area contributed by atoms with Crippen LogP contribution in [-0.2, 0) is 4.79 Å². The fourth-order valence-corrected chi connectivity index (χ4v) is 3.69. The smallest absolute Gasteiger partial charge is 0.222 e. The molecule has 0 spiro atoms. The highest BCUT2D eigenvalue weighted by Gasteiger charge is 2.23. The number of pyridine rings is 3. The number of rotatable bonds is 6. The Morgan fingerprint density at radius 3 is 2.53 bits per heavy atom. The lowest BCUT2D eigenvalue weighted by Crippen LogP contribution is -2.07. The maximum atomic E-state index is 11.5. The number of carbonyl (C=O) groups excluding carboxylic acids is 1. The van der Waals surface area contributed by atoms with Crippen molar-refractivity contribution in [3.05, 3.63) is 54.5 Å². The predicted molar refractivity (Wildman–Crippen MR) is 123 cm³/mol. The van der Waals surface area contributed by atoms with Crippen molar-refractivity contribution < 1.29 is 14.6 Å². The quantitative estimate of drug-likeness (QED) is 0.418. The molecule has 32 heavy (non-hydrogen) atoms. The first-order valence-electron chi connectivity index (χ1n) is 10.3. The zero-order chi connectivity index (χ0) is 22.8. The van der Waals surface area contributed by atoms with E-state index in [0.717, 1.165) is 39.0 Å². The van der Waals surface area contributed by atoms with E-state index in [2.05, 4.69) is 25.3 Å². The van der Waals surface area contributed by atoms with Crippen molar-refractivity contribution >= 4 is 22.8 Å². The van der Waals surface area contributed by atoms with Crippen molar-refractivity contribution in [2.45, 2.75) is 26.9 Å². The minimum atomic E-state index is -0.652. The lowest BCUT2D eigenvalue weighted by Gasteiger charge is -2.15. The predicted octanol–water partition coefficient (Wildman–Crippen LogP) is 4.34. The molecule has 8 heteroatoms. The summed E-state index contributed by atoms with van der Waals surface area (Å²) in [6, 6.07) is 9.19. The molecule has 0 saturated carbocycles. The lowest BCUT2D eigenvalue weighted by atomic mass is 9.97. The topological polar surface area (TPSA) is 113 Å². The van der Waals surface area contributed by atoms with Gasteiger partial charge in [0.15, 0.2) is 0 Å². The highest BCUT2D eigenvalue weighted by Crippen LogP contribution is 2.40. The zero-order valence-corrected chi connectivity index (χ0v) is 18.4. The van der Waals surface area contributed by atoms with Crippen LogP contribution in [0.2, 0.25) is 0 Å². The van der Waals surface area contributed by atoms with Gasteiger partial charge in [-0.25, -0.2) is 9.97 Å². The highest BCUT2D eigenvalue weighted by atomic mass is 16.5. The number of aliphatic hydroxyl groups is 1. The Morgan fingerprint density at radius 1 is 1.09 bits per heavy atom. The Hall–Kier alpha value is -3.78. The van der Waals surface area contributed by atoms with E-state index in [1.807, 2.05) is 32.0 Å². The first kappa shape index (κ1) is 21.5. The van der Waals surface area contributed by atoms with Crippen LogP contribution in [0, 0.1) is 5.92 Å². The van der Waals surface area contributed by atoms with Gasteiger partial charge in [0, 0.05) is 53.8 Å². The van der Waals surface area contributed by atoms with Gasteiger partial charge in [-0.3, -0.25) is 9.78 Å². The van der Waals surface area contributed by atoms with Crippen LogP contribution in [-0.4, -0.2) is 38.1 Å². The molecule has 0 aliphatic heterocycles. The summed E-state index contributed by atoms with van der Waals surface area (Å²) in [5, 5.41) is 13.5. The Kier molecular flexibility index (Phi) is 5.87. The van der Waals surface area contributed by atoms with E-state index >= 15 is 0 Å². The van der Waals surface area contributed by atoms with E-state index in [9.17, 15) is 9.90 Å². The third kappa shape index (κ3) is 4.04. The molecule has 4 aromatic heterocycles. The zero-order valence-electron chi connectivity index (χ0n) is 18.4. The number of aromatic amines is 1. The molecule has 164 valence electrons. The summed E-state index contributed by atoms with van der Waals surface area (Å²) in [6.07, 6.45) is 4.42. The van der Waals surface area contributed by atoms with E-state index in [-0.39, 0.29) is 11.8 Å². The molecule has 1 amide bonds. The number of H-pyrrole nitrogens is 1. The summed E-state index contributed by atoms with van der Waals surface area (Å²) >= 11 is 0. The molecule has 0 aromatic carbocycles. The number of anilines is 1. The summed E-state index contributed by atoms with van der Waals surface area (Å²) in [5.74, 6) is 0.791. The van der Waals surface area contributed by atoms with Crippen LogP contribution in [0.1, 0.15) is 32.4 Å². The van der Waals surface area contributed by atoms with E-state index < -0.39 is 6.10 Å². The maximum Gasteiger partial charge on any atom is 0.222 e.